The number of hydrogen-bond donors (Lipinski definition) is 2. The zero-order valence-corrected chi connectivity index (χ0v) is 19.5. The molecule has 3 aromatic carbocycles. The van der Waals surface area contributed by atoms with Crippen molar-refractivity contribution in [3.63, 3.8) is 0 Å². The fourth-order valence-corrected chi connectivity index (χ4v) is 4.24. The van der Waals surface area contributed by atoms with Gasteiger partial charge in [-0.1, -0.05) is 23.7 Å². The highest BCUT2D eigenvalue weighted by Crippen LogP contribution is 2.44. The number of carbonyl (C=O) groups excluding carboxylic acids is 2. The van der Waals surface area contributed by atoms with Crippen molar-refractivity contribution in [1.29, 1.82) is 0 Å². The molecule has 1 saturated heterocycles. The molecule has 0 aromatic heterocycles. The second-order valence-electron chi connectivity index (χ2n) is 7.77. The number of ether oxygens (including phenoxy) is 2. The zero-order chi connectivity index (χ0) is 24.6. The lowest BCUT2D eigenvalue weighted by Crippen LogP contribution is -2.29. The number of carbonyl (C=O) groups is 2. The van der Waals surface area contributed by atoms with Crippen molar-refractivity contribution in [3.8, 4) is 17.2 Å². The molecule has 7 nitrogen and oxygen atoms in total. The number of nitrogens with zero attached hydrogens (tertiary/aromatic N) is 1. The first-order valence-electron chi connectivity index (χ1n) is 10.3. The van der Waals surface area contributed by atoms with Crippen molar-refractivity contribution in [2.24, 2.45) is 0 Å². The molecule has 174 valence electrons. The third kappa shape index (κ3) is 3.95. The van der Waals surface area contributed by atoms with Crippen molar-refractivity contribution < 1.29 is 29.3 Å². The maximum atomic E-state index is 13.3. The van der Waals surface area contributed by atoms with Gasteiger partial charge in [0.15, 0.2) is 0 Å². The first kappa shape index (κ1) is 23.2. The minimum Gasteiger partial charge on any atom is -0.507 e. The van der Waals surface area contributed by atoms with Crippen LogP contribution in [-0.4, -0.2) is 36.1 Å². The van der Waals surface area contributed by atoms with Crippen molar-refractivity contribution in [2.75, 3.05) is 19.1 Å². The van der Waals surface area contributed by atoms with Crippen molar-refractivity contribution >= 4 is 34.7 Å². The highest BCUT2D eigenvalue weighted by Gasteiger charge is 2.47. The second kappa shape index (κ2) is 9.11. The van der Waals surface area contributed by atoms with Crippen LogP contribution < -0.4 is 14.4 Å². The fraction of sp³-hybridized carbons (Fsp3) is 0.154. The summed E-state index contributed by atoms with van der Waals surface area (Å²) in [5.41, 5.74) is 1.85. The molecule has 1 fully saturated rings. The molecule has 2 N–H and O–H groups in total. The van der Waals surface area contributed by atoms with Crippen LogP contribution >= 0.6 is 11.6 Å². The number of methoxy groups -OCH3 is 2. The number of halogens is 1. The van der Waals surface area contributed by atoms with Gasteiger partial charge in [-0.2, -0.15) is 0 Å². The van der Waals surface area contributed by atoms with E-state index in [0.29, 0.717) is 28.3 Å². The number of rotatable bonds is 5. The van der Waals surface area contributed by atoms with Gasteiger partial charge >= 0.3 is 0 Å². The first-order chi connectivity index (χ1) is 16.3. The average molecular weight is 480 g/mol. The van der Waals surface area contributed by atoms with E-state index < -0.39 is 17.7 Å². The lowest BCUT2D eigenvalue weighted by molar-refractivity contribution is -0.132. The number of Topliss-reactive ketones (excluding diaryl/α,β-unsaturated/α-hetero) is 1. The molecule has 0 bridgehead atoms. The summed E-state index contributed by atoms with van der Waals surface area (Å²) in [5, 5.41) is 21.2. The number of anilines is 1. The van der Waals surface area contributed by atoms with Gasteiger partial charge in [-0.3, -0.25) is 14.5 Å². The Labute approximate surface area is 201 Å². The maximum Gasteiger partial charge on any atom is 0.300 e. The van der Waals surface area contributed by atoms with Crippen LogP contribution in [0.1, 0.15) is 22.7 Å². The summed E-state index contributed by atoms with van der Waals surface area (Å²) >= 11 is 6.15. The van der Waals surface area contributed by atoms with Gasteiger partial charge in [0.1, 0.15) is 23.0 Å². The summed E-state index contributed by atoms with van der Waals surface area (Å²) < 4.78 is 10.6. The van der Waals surface area contributed by atoms with E-state index in [1.165, 1.54) is 31.3 Å². The largest absolute Gasteiger partial charge is 0.507 e. The molecule has 0 saturated carbocycles. The van der Waals surface area contributed by atoms with Crippen LogP contribution in [0.3, 0.4) is 0 Å². The number of benzene rings is 3. The number of aliphatic hydroxyl groups is 1. The molecular formula is C26H22ClNO6. The van der Waals surface area contributed by atoms with E-state index >= 15 is 0 Å². The van der Waals surface area contributed by atoms with E-state index in [9.17, 15) is 19.8 Å². The van der Waals surface area contributed by atoms with Crippen LogP contribution in [0.5, 0.6) is 17.2 Å². The van der Waals surface area contributed by atoms with Gasteiger partial charge in [-0.05, 0) is 60.5 Å². The van der Waals surface area contributed by atoms with Gasteiger partial charge in [-0.15, -0.1) is 0 Å². The molecule has 1 heterocycles. The van der Waals surface area contributed by atoms with Gasteiger partial charge < -0.3 is 19.7 Å². The molecule has 8 heteroatoms. The summed E-state index contributed by atoms with van der Waals surface area (Å²) in [6, 6.07) is 15.1. The number of amides is 1. The molecule has 0 spiro atoms. The Balaban J connectivity index is 1.96. The average Bonchev–Trinajstić information content (AvgIpc) is 3.10. The van der Waals surface area contributed by atoms with Crippen molar-refractivity contribution in [2.45, 2.75) is 13.0 Å². The molecule has 34 heavy (non-hydrogen) atoms. The molecule has 3 aromatic rings. The molecule has 1 atom stereocenters. The summed E-state index contributed by atoms with van der Waals surface area (Å²) in [4.78, 5) is 27.8. The minimum atomic E-state index is -0.993. The third-order valence-corrected chi connectivity index (χ3v) is 6.03. The van der Waals surface area contributed by atoms with Gasteiger partial charge in [0.05, 0.1) is 30.9 Å². The summed E-state index contributed by atoms with van der Waals surface area (Å²) in [6.07, 6.45) is 0. The Morgan fingerprint density at radius 2 is 1.76 bits per heavy atom. The number of ketones is 1. The molecule has 0 radical (unpaired) electrons. The molecule has 1 aliphatic heterocycles. The monoisotopic (exact) mass is 479 g/mol. The predicted octanol–water partition coefficient (Wildman–Crippen LogP) is 5.00. The maximum absolute atomic E-state index is 13.3. The number of phenolic OH excluding ortho intramolecular Hbond substituents is 1. The Kier molecular flexibility index (Phi) is 6.22. The topological polar surface area (TPSA) is 96.3 Å². The predicted molar refractivity (Wildman–Crippen MR) is 129 cm³/mol. The van der Waals surface area contributed by atoms with Crippen LogP contribution in [0, 0.1) is 6.92 Å². The minimum absolute atomic E-state index is 0.0500. The smallest absolute Gasteiger partial charge is 0.300 e. The molecule has 1 aliphatic rings. The van der Waals surface area contributed by atoms with E-state index in [1.807, 2.05) is 6.92 Å². The van der Waals surface area contributed by atoms with E-state index in [0.717, 1.165) is 5.56 Å². The molecule has 1 unspecified atom stereocenters. The third-order valence-electron chi connectivity index (χ3n) is 5.73. The van der Waals surface area contributed by atoms with E-state index in [2.05, 4.69) is 0 Å². The highest BCUT2D eigenvalue weighted by atomic mass is 35.5. The summed E-state index contributed by atoms with van der Waals surface area (Å²) in [5.74, 6) is -1.02. The van der Waals surface area contributed by atoms with Crippen molar-refractivity contribution in [1.82, 2.24) is 0 Å². The molecule has 4 rings (SSSR count). The lowest BCUT2D eigenvalue weighted by Gasteiger charge is -2.26. The lowest BCUT2D eigenvalue weighted by atomic mass is 9.94. The van der Waals surface area contributed by atoms with Gasteiger partial charge in [0.25, 0.3) is 11.7 Å². The molecule has 0 aliphatic carbocycles. The van der Waals surface area contributed by atoms with Gasteiger partial charge in [0, 0.05) is 17.3 Å². The normalized spacial score (nSPS) is 17.2. The van der Waals surface area contributed by atoms with E-state index in [1.54, 1.807) is 48.5 Å². The Bertz CT molecular complexity index is 1330. The number of aromatic hydroxyl groups is 1. The second-order valence-corrected chi connectivity index (χ2v) is 8.17. The van der Waals surface area contributed by atoms with E-state index in [-0.39, 0.29) is 22.1 Å². The van der Waals surface area contributed by atoms with Crippen LogP contribution in [0.15, 0.2) is 66.2 Å². The Morgan fingerprint density at radius 3 is 2.41 bits per heavy atom. The van der Waals surface area contributed by atoms with Gasteiger partial charge in [-0.25, -0.2) is 0 Å². The Hall–Kier alpha value is -3.97. The SMILES string of the molecule is COc1cccc(N2C(=O)C(=O)/C(=C(\O)c3ccc(OC)c(C)c3)C2c2ccc(O)c(Cl)c2)c1. The van der Waals surface area contributed by atoms with Gasteiger partial charge in [0.2, 0.25) is 0 Å². The molecule has 1 amide bonds. The number of aliphatic hydroxyl groups excluding tert-OH is 1. The number of hydrogen-bond acceptors (Lipinski definition) is 6. The van der Waals surface area contributed by atoms with Crippen molar-refractivity contribution in [3.05, 3.63) is 87.9 Å². The van der Waals surface area contributed by atoms with Crippen LogP contribution in [-0.2, 0) is 9.59 Å². The summed E-state index contributed by atoms with van der Waals surface area (Å²) in [7, 11) is 3.03. The number of phenols is 1. The highest BCUT2D eigenvalue weighted by molar-refractivity contribution is 6.51. The first-order valence-corrected chi connectivity index (χ1v) is 10.7. The molecular weight excluding hydrogens is 458 g/mol. The van der Waals surface area contributed by atoms with E-state index in [4.69, 9.17) is 21.1 Å². The van der Waals surface area contributed by atoms with Crippen LogP contribution in [0.2, 0.25) is 5.02 Å². The summed E-state index contributed by atoms with van der Waals surface area (Å²) in [6.45, 7) is 1.81. The zero-order valence-electron chi connectivity index (χ0n) is 18.7. The number of aryl methyl sites for hydroxylation is 1. The van der Waals surface area contributed by atoms with Crippen LogP contribution in [0.25, 0.3) is 5.76 Å². The fourth-order valence-electron chi connectivity index (χ4n) is 4.05. The van der Waals surface area contributed by atoms with Crippen LogP contribution in [0.4, 0.5) is 5.69 Å². The Morgan fingerprint density at radius 1 is 1.00 bits per heavy atom. The quantitative estimate of drug-likeness (QED) is 0.304. The standard InChI is InChI=1S/C26H22ClNO6/c1-14-11-16(8-10-21(14)34-3)24(30)22-23(15-7-9-20(29)19(27)12-15)28(26(32)25(22)31)17-5-4-6-18(13-17)33-2/h4-13,23,29-30H,1-3H3/b24-22-.